The molecule has 2 aromatic rings. The summed E-state index contributed by atoms with van der Waals surface area (Å²) >= 11 is 0. The predicted octanol–water partition coefficient (Wildman–Crippen LogP) is 1.02. The van der Waals surface area contributed by atoms with Gasteiger partial charge in [0.05, 0.1) is 0 Å². The summed E-state index contributed by atoms with van der Waals surface area (Å²) < 4.78 is 24.8. The summed E-state index contributed by atoms with van der Waals surface area (Å²) in [6.45, 7) is 0.712. The van der Waals surface area contributed by atoms with Gasteiger partial charge >= 0.3 is 0 Å². The summed E-state index contributed by atoms with van der Waals surface area (Å²) in [6, 6.07) is 6.68. The van der Waals surface area contributed by atoms with Gasteiger partial charge in [0.15, 0.2) is 0 Å². The molecular weight excluding hydrogens is 312 g/mol. The van der Waals surface area contributed by atoms with E-state index in [1.54, 1.807) is 7.05 Å². The number of nitrogens with two attached hydrogens (primary N) is 1. The first-order valence-corrected chi connectivity index (χ1v) is 9.41. The summed E-state index contributed by atoms with van der Waals surface area (Å²) in [5.41, 5.74) is 3.86. The average Bonchev–Trinajstić information content (AvgIpc) is 2.91. The minimum Gasteiger partial charge on any atom is -0.361 e. The number of likely N-dealkylation sites (N-methyl/N-ethyl adjacent to an activating group) is 2. The van der Waals surface area contributed by atoms with Crippen molar-refractivity contribution < 1.29 is 8.42 Å². The number of hydrogen-bond acceptors (Lipinski definition) is 3. The topological polar surface area (TPSA) is 82.4 Å². The van der Waals surface area contributed by atoms with Gasteiger partial charge in [-0.3, -0.25) is 0 Å². The maximum absolute atomic E-state index is 11.7. The third-order valence-electron chi connectivity index (χ3n) is 5.62. The number of likely N-dealkylation sites (tertiary alicyclic amines) is 1. The van der Waals surface area contributed by atoms with Crippen molar-refractivity contribution >= 4 is 21.1 Å². The number of hydrogen-bond donors (Lipinski definition) is 2. The van der Waals surface area contributed by atoms with Crippen LogP contribution in [0.1, 0.15) is 23.5 Å². The van der Waals surface area contributed by atoms with Crippen LogP contribution < -0.4 is 5.14 Å². The molecule has 1 aromatic heterocycles. The highest BCUT2D eigenvalue weighted by Gasteiger charge is 2.41. The molecule has 3 N–H and O–H groups in total. The second kappa shape index (κ2) is 5.04. The molecule has 6 nitrogen and oxygen atoms in total. The van der Waals surface area contributed by atoms with E-state index in [2.05, 4.69) is 41.3 Å². The lowest BCUT2D eigenvalue weighted by atomic mass is 9.74. The maximum atomic E-state index is 11.7. The highest BCUT2D eigenvalue weighted by molar-refractivity contribution is 7.86. The Labute approximate surface area is 136 Å². The lowest BCUT2D eigenvalue weighted by Crippen LogP contribution is -2.56. The molecule has 0 radical (unpaired) electrons. The van der Waals surface area contributed by atoms with Crippen molar-refractivity contribution in [3.8, 4) is 0 Å². The zero-order valence-corrected chi connectivity index (χ0v) is 14.2. The van der Waals surface area contributed by atoms with Crippen LogP contribution in [0, 0.1) is 0 Å². The van der Waals surface area contributed by atoms with Crippen LogP contribution in [0.4, 0.5) is 0 Å². The number of nitrogens with zero attached hydrogens (tertiary/aromatic N) is 2. The van der Waals surface area contributed by atoms with Crippen LogP contribution in [0.2, 0.25) is 0 Å². The molecule has 1 unspecified atom stereocenters. The number of aromatic nitrogens is 1. The monoisotopic (exact) mass is 334 g/mol. The highest BCUT2D eigenvalue weighted by Crippen LogP contribution is 2.43. The van der Waals surface area contributed by atoms with Crippen LogP contribution >= 0.6 is 0 Å². The standard InChI is InChI=1S/C16H22N4O2S/c1-19-9-11(20(2)23(17,21)22)7-13-12-4-3-5-14-16(12)10(8-18-14)6-15(13)19/h3-5,8,11,13,15,18H,6-7,9H2,1-2H3,(H2,17,21,22)/t11-,13?,15+/m0/s1. The summed E-state index contributed by atoms with van der Waals surface area (Å²) in [6.07, 6.45) is 3.93. The quantitative estimate of drug-likeness (QED) is 0.860. The molecule has 7 heteroatoms. The molecule has 1 aliphatic heterocycles. The molecule has 2 aliphatic rings. The largest absolute Gasteiger partial charge is 0.361 e. The van der Waals surface area contributed by atoms with Crippen molar-refractivity contribution in [3.63, 3.8) is 0 Å². The van der Waals surface area contributed by atoms with E-state index >= 15 is 0 Å². The summed E-state index contributed by atoms with van der Waals surface area (Å²) in [5, 5.41) is 6.66. The Morgan fingerprint density at radius 3 is 2.91 bits per heavy atom. The zero-order chi connectivity index (χ0) is 16.4. The van der Waals surface area contributed by atoms with Gasteiger partial charge in [-0.2, -0.15) is 12.7 Å². The molecular formula is C16H22N4O2S. The fourth-order valence-corrected chi connectivity index (χ4v) is 4.95. The minimum atomic E-state index is -3.66. The summed E-state index contributed by atoms with van der Waals surface area (Å²) in [5.74, 6) is 0.329. The van der Waals surface area contributed by atoms with Crippen LogP contribution in [0.25, 0.3) is 10.9 Å². The van der Waals surface area contributed by atoms with Gasteiger partial charge in [-0.25, -0.2) is 5.14 Å². The number of benzene rings is 1. The van der Waals surface area contributed by atoms with Gasteiger partial charge in [0.25, 0.3) is 10.2 Å². The van der Waals surface area contributed by atoms with Crippen LogP contribution in [0.15, 0.2) is 24.4 Å². The van der Waals surface area contributed by atoms with E-state index in [9.17, 15) is 8.42 Å². The first-order chi connectivity index (χ1) is 10.9. The Morgan fingerprint density at radius 1 is 1.39 bits per heavy atom. The molecule has 0 saturated carbocycles. The van der Waals surface area contributed by atoms with Crippen molar-refractivity contribution in [1.82, 2.24) is 14.2 Å². The number of aromatic amines is 1. The van der Waals surface area contributed by atoms with Gasteiger partial charge in [0.1, 0.15) is 0 Å². The lowest BCUT2D eigenvalue weighted by Gasteiger charge is -2.47. The molecule has 23 heavy (non-hydrogen) atoms. The number of piperidine rings is 1. The van der Waals surface area contributed by atoms with E-state index < -0.39 is 10.2 Å². The minimum absolute atomic E-state index is 0.0907. The Bertz CT molecular complexity index is 860. The lowest BCUT2D eigenvalue weighted by molar-refractivity contribution is 0.104. The van der Waals surface area contributed by atoms with Crippen molar-refractivity contribution in [1.29, 1.82) is 0 Å². The van der Waals surface area contributed by atoms with E-state index in [4.69, 9.17) is 5.14 Å². The van der Waals surface area contributed by atoms with E-state index in [0.717, 1.165) is 12.8 Å². The zero-order valence-electron chi connectivity index (χ0n) is 13.4. The molecule has 0 spiro atoms. The average molecular weight is 334 g/mol. The van der Waals surface area contributed by atoms with Crippen molar-refractivity contribution in [3.05, 3.63) is 35.5 Å². The normalized spacial score (nSPS) is 28.3. The van der Waals surface area contributed by atoms with Gasteiger partial charge in [-0.15, -0.1) is 0 Å². The fourth-order valence-electron chi connectivity index (χ4n) is 4.38. The highest BCUT2D eigenvalue weighted by atomic mass is 32.2. The smallest absolute Gasteiger partial charge is 0.276 e. The third-order valence-corrected chi connectivity index (χ3v) is 6.72. The second-order valence-corrected chi connectivity index (χ2v) is 8.46. The Balaban J connectivity index is 1.77. The Morgan fingerprint density at radius 2 is 2.17 bits per heavy atom. The van der Waals surface area contributed by atoms with E-state index in [1.807, 2.05) is 0 Å². The fraction of sp³-hybridized carbons (Fsp3) is 0.500. The Hall–Kier alpha value is -1.41. The molecule has 0 amide bonds. The van der Waals surface area contributed by atoms with Gasteiger partial charge < -0.3 is 9.88 Å². The van der Waals surface area contributed by atoms with Crippen molar-refractivity contribution in [2.75, 3.05) is 20.6 Å². The molecule has 1 aliphatic carbocycles. The van der Waals surface area contributed by atoms with E-state index in [0.29, 0.717) is 18.5 Å². The molecule has 0 bridgehead atoms. The van der Waals surface area contributed by atoms with Gasteiger partial charge in [0.2, 0.25) is 0 Å². The third kappa shape index (κ3) is 2.30. The number of fused-ring (bicyclic) bond motifs is 2. The first-order valence-electron chi connectivity index (χ1n) is 7.91. The summed E-state index contributed by atoms with van der Waals surface area (Å²) in [7, 11) is -0.000159. The van der Waals surface area contributed by atoms with Crippen molar-refractivity contribution in [2.24, 2.45) is 5.14 Å². The predicted molar refractivity (Wildman–Crippen MR) is 90.4 cm³/mol. The number of nitrogens with one attached hydrogen (secondary N) is 1. The molecule has 4 rings (SSSR count). The van der Waals surface area contributed by atoms with Crippen LogP contribution in [0.5, 0.6) is 0 Å². The van der Waals surface area contributed by atoms with E-state index in [-0.39, 0.29) is 6.04 Å². The van der Waals surface area contributed by atoms with E-state index in [1.165, 1.54) is 26.3 Å². The first kappa shape index (κ1) is 15.1. The summed E-state index contributed by atoms with van der Waals surface area (Å²) in [4.78, 5) is 5.64. The molecule has 2 heterocycles. The van der Waals surface area contributed by atoms with Gasteiger partial charge in [-0.1, -0.05) is 12.1 Å². The maximum Gasteiger partial charge on any atom is 0.276 e. The number of H-pyrrole nitrogens is 1. The van der Waals surface area contributed by atoms with Gasteiger partial charge in [-0.05, 0) is 37.1 Å². The Kier molecular flexibility index (Phi) is 3.32. The number of rotatable bonds is 2. The SMILES string of the molecule is CN1C[C@@H](N(C)S(N)(=O)=O)CC2c3cccc4[nH]cc(c34)C[C@H]21. The van der Waals surface area contributed by atoms with Crippen LogP contribution in [-0.2, 0) is 16.6 Å². The van der Waals surface area contributed by atoms with Crippen LogP contribution in [0.3, 0.4) is 0 Å². The molecule has 1 aromatic carbocycles. The molecule has 3 atom stereocenters. The van der Waals surface area contributed by atoms with Gasteiger partial charge in [0, 0.05) is 48.7 Å². The van der Waals surface area contributed by atoms with Crippen LogP contribution in [-0.4, -0.2) is 55.3 Å². The second-order valence-electron chi connectivity index (χ2n) is 6.85. The van der Waals surface area contributed by atoms with Crippen molar-refractivity contribution in [2.45, 2.75) is 30.8 Å². The molecule has 124 valence electrons. The molecule has 1 saturated heterocycles. The molecule has 1 fully saturated rings.